The number of benzene rings is 2. The Labute approximate surface area is 252 Å². The van der Waals surface area contributed by atoms with Crippen LogP contribution in [0.5, 0.6) is 0 Å². The van der Waals surface area contributed by atoms with Crippen molar-refractivity contribution in [2.24, 2.45) is 0 Å². The molecule has 2 aliphatic rings. The molecule has 0 unspecified atom stereocenters. The fourth-order valence-electron chi connectivity index (χ4n) is 5.41. The number of hydrogen-bond donors (Lipinski definition) is 0. The summed E-state index contributed by atoms with van der Waals surface area (Å²) in [7, 11) is 0. The van der Waals surface area contributed by atoms with Crippen molar-refractivity contribution in [3.63, 3.8) is 0 Å². The number of halogens is 1. The Morgan fingerprint density at radius 1 is 0.897 bits per heavy atom. The van der Waals surface area contributed by atoms with E-state index in [-0.39, 0.29) is 0 Å². The Hall–Kier alpha value is -1.80. The Kier molecular flexibility index (Phi) is 10.5. The number of unbranched alkanes of at least 4 members (excludes halogenated alkanes) is 4. The zero-order valence-corrected chi connectivity index (χ0v) is 27.5. The van der Waals surface area contributed by atoms with E-state index in [9.17, 15) is 0 Å². The normalized spacial score (nSPS) is 17.9. The quantitative estimate of drug-likeness (QED) is 0.115. The monoisotopic (exact) mass is 671 g/mol. The van der Waals surface area contributed by atoms with Crippen LogP contribution < -0.4 is 13.9 Å². The molecule has 0 spiro atoms. The first kappa shape index (κ1) is 28.7. The number of rotatable bonds is 11. The van der Waals surface area contributed by atoms with E-state index in [0.717, 1.165) is 37.4 Å². The van der Waals surface area contributed by atoms with Crippen molar-refractivity contribution in [1.29, 1.82) is 0 Å². The third-order valence-electron chi connectivity index (χ3n) is 7.55. The average Bonchev–Trinajstić information content (AvgIpc) is 3.50. The predicted molar refractivity (Wildman–Crippen MR) is 171 cm³/mol. The molecule has 0 fully saturated rings. The number of aryl methyl sites for hydroxylation is 1. The van der Waals surface area contributed by atoms with Crippen LogP contribution in [0.1, 0.15) is 76.2 Å². The van der Waals surface area contributed by atoms with Gasteiger partial charge >= 0.3 is 253 Å². The number of fused-ring (bicyclic) bond motifs is 2. The van der Waals surface area contributed by atoms with Gasteiger partial charge in [-0.05, 0) is 0 Å². The molecule has 5 rings (SSSR count). The number of nitrogens with zero attached hydrogens (tertiary/aromatic N) is 2. The maximum atomic E-state index is 7.08. The van der Waals surface area contributed by atoms with E-state index in [1.54, 1.807) is 0 Å². The molecular weight excluding hydrogens is 630 g/mol. The molecule has 0 atom stereocenters. The van der Waals surface area contributed by atoms with Crippen LogP contribution in [0, 0.1) is 0 Å². The molecule has 3 aromatic rings. The molecule has 0 radical (unpaired) electrons. The summed E-state index contributed by atoms with van der Waals surface area (Å²) in [6.07, 6.45) is 20.2. The number of anilines is 1. The molecule has 0 N–H and O–H groups in total. The van der Waals surface area contributed by atoms with Gasteiger partial charge in [0.25, 0.3) is 0 Å². The van der Waals surface area contributed by atoms with E-state index >= 15 is 0 Å². The van der Waals surface area contributed by atoms with Crippen LogP contribution in [-0.2, 0) is 6.54 Å². The first-order valence-corrected chi connectivity index (χ1v) is 18.4. The van der Waals surface area contributed by atoms with E-state index < -0.39 is 0 Å². The Morgan fingerprint density at radius 3 is 2.56 bits per heavy atom. The summed E-state index contributed by atoms with van der Waals surface area (Å²) < 4.78 is 8.49. The standard InChI is InChI=1S/C34H40ClN2Se2/c1-3-5-11-24-36-28-16-7-9-18-30(28)38-32(36)22-20-26-14-13-15-27(34(26)35)21-23-33-37(25-12-6-4-2)29-17-8-10-19-31(29)39-33/h7-10,16-23H,3-6,11-15,24-25H2,1-2H3/q+1. The van der Waals surface area contributed by atoms with Gasteiger partial charge in [0, 0.05) is 0 Å². The molecule has 0 saturated carbocycles. The van der Waals surface area contributed by atoms with Crippen LogP contribution in [0.15, 0.2) is 87.5 Å². The second-order valence-electron chi connectivity index (χ2n) is 10.4. The molecule has 2 nitrogen and oxygen atoms in total. The van der Waals surface area contributed by atoms with Crippen molar-refractivity contribution in [3.05, 3.63) is 92.1 Å². The van der Waals surface area contributed by atoms with Gasteiger partial charge < -0.3 is 0 Å². The molecule has 0 bridgehead atoms. The van der Waals surface area contributed by atoms with E-state index in [0.29, 0.717) is 29.5 Å². The van der Waals surface area contributed by atoms with Crippen molar-refractivity contribution >= 4 is 67.1 Å². The molecule has 204 valence electrons. The van der Waals surface area contributed by atoms with Gasteiger partial charge in [0.15, 0.2) is 0 Å². The van der Waals surface area contributed by atoms with Gasteiger partial charge in [0.2, 0.25) is 0 Å². The summed E-state index contributed by atoms with van der Waals surface area (Å²) in [4.78, 5) is 2.56. The summed E-state index contributed by atoms with van der Waals surface area (Å²) in [6.45, 7) is 6.77. The molecule has 39 heavy (non-hydrogen) atoms. The fourth-order valence-corrected chi connectivity index (χ4v) is 10.3. The van der Waals surface area contributed by atoms with Gasteiger partial charge in [-0.1, -0.05) is 0 Å². The van der Waals surface area contributed by atoms with Crippen LogP contribution in [-0.4, -0.2) is 36.0 Å². The molecule has 1 aliphatic heterocycles. The third-order valence-corrected chi connectivity index (χ3v) is 12.8. The Balaban J connectivity index is 1.39. The molecule has 5 heteroatoms. The molecule has 0 saturated heterocycles. The summed E-state index contributed by atoms with van der Waals surface area (Å²) in [6, 6.07) is 17.9. The second-order valence-corrected chi connectivity index (χ2v) is 15.3. The summed E-state index contributed by atoms with van der Waals surface area (Å²) in [5.41, 5.74) is 5.40. The minimum absolute atomic E-state index is 0.352. The number of hydrogen-bond acceptors (Lipinski definition) is 1. The van der Waals surface area contributed by atoms with Crippen LogP contribution in [0.25, 0.3) is 15.9 Å². The predicted octanol–water partition coefficient (Wildman–Crippen LogP) is 7.87. The van der Waals surface area contributed by atoms with E-state index in [1.165, 1.54) is 78.8 Å². The minimum atomic E-state index is 0.352. The molecule has 1 aromatic heterocycles. The van der Waals surface area contributed by atoms with Crippen molar-refractivity contribution in [2.75, 3.05) is 11.4 Å². The molecule has 2 heterocycles. The van der Waals surface area contributed by atoms with Gasteiger partial charge in [-0.25, -0.2) is 0 Å². The van der Waals surface area contributed by atoms with Crippen molar-refractivity contribution in [2.45, 2.75) is 78.2 Å². The Morgan fingerprint density at radius 2 is 1.69 bits per heavy atom. The molecule has 0 amide bonds. The van der Waals surface area contributed by atoms with E-state index in [2.05, 4.69) is 96.1 Å². The van der Waals surface area contributed by atoms with Gasteiger partial charge in [-0.3, -0.25) is 0 Å². The number of aromatic nitrogens is 1. The van der Waals surface area contributed by atoms with Crippen LogP contribution in [0.2, 0.25) is 0 Å². The third kappa shape index (κ3) is 6.92. The average molecular weight is 670 g/mol. The first-order chi connectivity index (χ1) is 19.2. The zero-order chi connectivity index (χ0) is 27.0. The second kappa shape index (κ2) is 14.2. The maximum absolute atomic E-state index is 7.08. The fraction of sp³-hybridized carbons (Fsp3) is 0.382. The molecular formula is C34H40ClN2Se2+. The topological polar surface area (TPSA) is 7.12 Å². The molecule has 2 aromatic carbocycles. The summed E-state index contributed by atoms with van der Waals surface area (Å²) in [5, 5.41) is 0.969. The summed E-state index contributed by atoms with van der Waals surface area (Å²) in [5.74, 6) is 0. The number of allylic oxidation sites excluding steroid dienone is 6. The van der Waals surface area contributed by atoms with Gasteiger partial charge in [-0.15, -0.1) is 0 Å². The van der Waals surface area contributed by atoms with Crippen molar-refractivity contribution in [1.82, 2.24) is 0 Å². The van der Waals surface area contributed by atoms with Gasteiger partial charge in [0.1, 0.15) is 0 Å². The van der Waals surface area contributed by atoms with Crippen LogP contribution >= 0.6 is 11.6 Å². The summed E-state index contributed by atoms with van der Waals surface area (Å²) >= 11 is 7.78. The number of para-hydroxylation sites is 2. The zero-order valence-electron chi connectivity index (χ0n) is 23.3. The van der Waals surface area contributed by atoms with Crippen LogP contribution in [0.3, 0.4) is 0 Å². The molecule has 1 aliphatic carbocycles. The van der Waals surface area contributed by atoms with Crippen LogP contribution in [0.4, 0.5) is 5.69 Å². The first-order valence-electron chi connectivity index (χ1n) is 14.6. The van der Waals surface area contributed by atoms with Gasteiger partial charge in [0.05, 0.1) is 0 Å². The van der Waals surface area contributed by atoms with Crippen molar-refractivity contribution in [3.8, 4) is 0 Å². The van der Waals surface area contributed by atoms with Gasteiger partial charge in [-0.2, -0.15) is 0 Å². The van der Waals surface area contributed by atoms with E-state index in [1.807, 2.05) is 0 Å². The SMILES string of the molecule is CCCCCN1/C(=C\C=C2\CCCC(/C=C/c3[se]c4ccccc4[n+]3CCCCC)=C2Cl)[Se]c2ccccc21. The van der Waals surface area contributed by atoms with E-state index in [4.69, 9.17) is 11.6 Å². The Bertz CT molecular complexity index is 1410. The van der Waals surface area contributed by atoms with Crippen molar-refractivity contribution < 1.29 is 4.57 Å².